The number of nitrogens with one attached hydrogen (secondary N) is 1. The summed E-state index contributed by atoms with van der Waals surface area (Å²) < 4.78 is 11.6. The van der Waals surface area contributed by atoms with E-state index in [1.165, 1.54) is 0 Å². The van der Waals surface area contributed by atoms with Gasteiger partial charge in [0.15, 0.2) is 0 Å². The van der Waals surface area contributed by atoms with E-state index in [0.29, 0.717) is 41.6 Å². The molecule has 0 spiro atoms. The van der Waals surface area contributed by atoms with E-state index < -0.39 is 16.8 Å². The van der Waals surface area contributed by atoms with Gasteiger partial charge < -0.3 is 10.2 Å². The molecule has 2 aromatic rings. The van der Waals surface area contributed by atoms with Crippen LogP contribution in [0.4, 0.5) is 0 Å². The highest BCUT2D eigenvalue weighted by molar-refractivity contribution is 7.85. The molecule has 0 saturated carbocycles. The van der Waals surface area contributed by atoms with E-state index in [4.69, 9.17) is 11.6 Å². The van der Waals surface area contributed by atoms with E-state index in [2.05, 4.69) is 5.32 Å². The minimum atomic E-state index is -0.865. The van der Waals surface area contributed by atoms with Crippen LogP contribution >= 0.6 is 11.6 Å². The summed E-state index contributed by atoms with van der Waals surface area (Å²) >= 11 is 5.88. The Hall–Kier alpha value is -2.18. The number of carbonyl (C=O) groups is 2. The Morgan fingerprint density at radius 3 is 2.30 bits per heavy atom. The Morgan fingerprint density at radius 2 is 1.67 bits per heavy atom. The summed E-state index contributed by atoms with van der Waals surface area (Å²) in [4.78, 5) is 27.3. The highest BCUT2D eigenvalue weighted by Gasteiger charge is 2.28. The van der Waals surface area contributed by atoms with E-state index in [1.54, 1.807) is 29.2 Å². The molecule has 0 aliphatic carbocycles. The molecule has 1 unspecified atom stereocenters. The topological polar surface area (TPSA) is 66.5 Å². The molecule has 5 nitrogen and oxygen atoms in total. The number of halogens is 1. The quantitative estimate of drug-likeness (QED) is 0.831. The van der Waals surface area contributed by atoms with Gasteiger partial charge in [-0.2, -0.15) is 0 Å². The van der Waals surface area contributed by atoms with Crippen molar-refractivity contribution in [2.24, 2.45) is 0 Å². The standard InChI is InChI=1S/C20H21ClN2O3S/c21-17-8-6-16(7-9-17)19(24)22-18(14-15-4-2-1-3-5-15)20(25)23-10-12-27(26)13-11-23/h1-9,18H,10-14H2,(H,22,24). The van der Waals surface area contributed by atoms with Crippen LogP contribution in [0.5, 0.6) is 0 Å². The predicted molar refractivity (Wildman–Crippen MR) is 107 cm³/mol. The molecule has 0 aromatic heterocycles. The molecule has 2 aromatic carbocycles. The Kier molecular flexibility index (Phi) is 6.63. The minimum Gasteiger partial charge on any atom is -0.340 e. The van der Waals surface area contributed by atoms with Crippen LogP contribution in [-0.4, -0.2) is 51.6 Å². The summed E-state index contributed by atoms with van der Waals surface area (Å²) in [5.74, 6) is 0.503. The number of hydrogen-bond acceptors (Lipinski definition) is 3. The average molecular weight is 405 g/mol. The number of rotatable bonds is 5. The van der Waals surface area contributed by atoms with Crippen LogP contribution in [0.25, 0.3) is 0 Å². The number of carbonyl (C=O) groups excluding carboxylic acids is 2. The van der Waals surface area contributed by atoms with Crippen LogP contribution in [0.1, 0.15) is 15.9 Å². The molecular weight excluding hydrogens is 384 g/mol. The van der Waals surface area contributed by atoms with Gasteiger partial charge in [0, 0.05) is 52.4 Å². The molecule has 1 saturated heterocycles. The Morgan fingerprint density at radius 1 is 1.04 bits per heavy atom. The van der Waals surface area contributed by atoms with Gasteiger partial charge in [0.2, 0.25) is 5.91 Å². The Balaban J connectivity index is 1.76. The van der Waals surface area contributed by atoms with Crippen LogP contribution in [0, 0.1) is 0 Å². The van der Waals surface area contributed by atoms with Crippen molar-refractivity contribution in [3.8, 4) is 0 Å². The normalized spacial score (nSPS) is 16.0. The highest BCUT2D eigenvalue weighted by atomic mass is 35.5. The third-order valence-electron chi connectivity index (χ3n) is 4.48. The average Bonchev–Trinajstić information content (AvgIpc) is 2.69. The zero-order valence-corrected chi connectivity index (χ0v) is 16.3. The smallest absolute Gasteiger partial charge is 0.251 e. The molecule has 7 heteroatoms. The molecular formula is C20H21ClN2O3S. The van der Waals surface area contributed by atoms with Crippen molar-refractivity contribution in [3.05, 3.63) is 70.7 Å². The van der Waals surface area contributed by atoms with Gasteiger partial charge in [0.05, 0.1) is 0 Å². The van der Waals surface area contributed by atoms with Gasteiger partial charge in [-0.25, -0.2) is 0 Å². The van der Waals surface area contributed by atoms with Crippen molar-refractivity contribution in [2.75, 3.05) is 24.6 Å². The lowest BCUT2D eigenvalue weighted by Crippen LogP contribution is -2.53. The Bertz CT molecular complexity index is 817. The first kappa shape index (κ1) is 19.6. The number of hydrogen-bond donors (Lipinski definition) is 1. The number of nitrogens with zero attached hydrogens (tertiary/aromatic N) is 1. The van der Waals surface area contributed by atoms with Gasteiger partial charge in [0.1, 0.15) is 6.04 Å². The third-order valence-corrected chi connectivity index (χ3v) is 6.01. The second kappa shape index (κ2) is 9.15. The molecule has 1 aliphatic heterocycles. The van der Waals surface area contributed by atoms with Gasteiger partial charge >= 0.3 is 0 Å². The van der Waals surface area contributed by atoms with Crippen LogP contribution in [-0.2, 0) is 22.0 Å². The van der Waals surface area contributed by atoms with Crippen LogP contribution in [0.3, 0.4) is 0 Å². The van der Waals surface area contributed by atoms with Gasteiger partial charge in [-0.15, -0.1) is 0 Å². The number of amides is 2. The van der Waals surface area contributed by atoms with E-state index in [-0.39, 0.29) is 11.8 Å². The largest absolute Gasteiger partial charge is 0.340 e. The Labute approximate surface area is 166 Å². The fourth-order valence-electron chi connectivity index (χ4n) is 2.97. The maximum absolute atomic E-state index is 13.0. The maximum Gasteiger partial charge on any atom is 0.251 e. The van der Waals surface area contributed by atoms with E-state index in [1.807, 2.05) is 30.3 Å². The van der Waals surface area contributed by atoms with Crippen molar-refractivity contribution >= 4 is 34.2 Å². The molecule has 2 amide bonds. The van der Waals surface area contributed by atoms with Gasteiger partial charge in [0.25, 0.3) is 5.91 Å². The van der Waals surface area contributed by atoms with E-state index in [0.717, 1.165) is 5.56 Å². The van der Waals surface area contributed by atoms with Crippen molar-refractivity contribution in [2.45, 2.75) is 12.5 Å². The van der Waals surface area contributed by atoms with Gasteiger partial charge in [-0.1, -0.05) is 41.9 Å². The van der Waals surface area contributed by atoms with Crippen molar-refractivity contribution in [1.82, 2.24) is 10.2 Å². The van der Waals surface area contributed by atoms with Crippen LogP contribution in [0.15, 0.2) is 54.6 Å². The van der Waals surface area contributed by atoms with Gasteiger partial charge in [-0.05, 0) is 29.8 Å². The zero-order chi connectivity index (χ0) is 19.2. The molecule has 1 aliphatic rings. The van der Waals surface area contributed by atoms with Crippen LogP contribution in [0.2, 0.25) is 5.02 Å². The first-order valence-corrected chi connectivity index (χ1v) is 10.6. The third kappa shape index (κ3) is 5.40. The summed E-state index contributed by atoms with van der Waals surface area (Å²) in [5.41, 5.74) is 1.41. The highest BCUT2D eigenvalue weighted by Crippen LogP contribution is 2.12. The van der Waals surface area contributed by atoms with E-state index >= 15 is 0 Å². The predicted octanol–water partition coefficient (Wildman–Crippen LogP) is 2.27. The fraction of sp³-hybridized carbons (Fsp3) is 0.300. The van der Waals surface area contributed by atoms with Crippen molar-refractivity contribution in [3.63, 3.8) is 0 Å². The van der Waals surface area contributed by atoms with Crippen molar-refractivity contribution in [1.29, 1.82) is 0 Å². The molecule has 1 N–H and O–H groups in total. The van der Waals surface area contributed by atoms with E-state index in [9.17, 15) is 13.8 Å². The molecule has 1 atom stereocenters. The maximum atomic E-state index is 13.0. The lowest BCUT2D eigenvalue weighted by molar-refractivity contribution is -0.132. The summed E-state index contributed by atoms with van der Waals surface area (Å²) in [6, 6.07) is 15.4. The molecule has 3 rings (SSSR count). The summed E-state index contributed by atoms with van der Waals surface area (Å²) in [7, 11) is -0.865. The summed E-state index contributed by atoms with van der Waals surface area (Å²) in [6.45, 7) is 0.904. The molecule has 0 radical (unpaired) electrons. The van der Waals surface area contributed by atoms with Crippen LogP contribution < -0.4 is 5.32 Å². The first-order chi connectivity index (χ1) is 13.0. The van der Waals surface area contributed by atoms with Gasteiger partial charge in [-0.3, -0.25) is 13.8 Å². The van der Waals surface area contributed by atoms with Crippen molar-refractivity contribution < 1.29 is 13.8 Å². The summed E-state index contributed by atoms with van der Waals surface area (Å²) in [6.07, 6.45) is 0.401. The first-order valence-electron chi connectivity index (χ1n) is 8.77. The number of benzene rings is 2. The minimum absolute atomic E-state index is 0.141. The monoisotopic (exact) mass is 404 g/mol. The fourth-order valence-corrected chi connectivity index (χ4v) is 4.15. The summed E-state index contributed by atoms with van der Waals surface area (Å²) in [5, 5.41) is 3.41. The molecule has 142 valence electrons. The second-order valence-electron chi connectivity index (χ2n) is 6.40. The second-order valence-corrected chi connectivity index (χ2v) is 8.53. The lowest BCUT2D eigenvalue weighted by Gasteiger charge is -2.30. The SMILES string of the molecule is O=C(NC(Cc1ccccc1)C(=O)N1CCS(=O)CC1)c1ccc(Cl)cc1. The molecule has 1 heterocycles. The molecule has 0 bridgehead atoms. The lowest BCUT2D eigenvalue weighted by atomic mass is 10.0. The molecule has 1 fully saturated rings. The zero-order valence-electron chi connectivity index (χ0n) is 14.8. The molecule has 27 heavy (non-hydrogen) atoms.